The molecule has 1 aliphatic rings. The minimum absolute atomic E-state index is 0.118. The van der Waals surface area contributed by atoms with E-state index in [1.54, 1.807) is 0 Å². The monoisotopic (exact) mass is 241 g/mol. The van der Waals surface area contributed by atoms with E-state index in [-0.39, 0.29) is 11.7 Å². The molecule has 1 unspecified atom stereocenters. The number of hydrogen-bond donors (Lipinski definition) is 1. The summed E-state index contributed by atoms with van der Waals surface area (Å²) in [6.45, 7) is 3.30. The van der Waals surface area contributed by atoms with E-state index in [9.17, 15) is 8.78 Å². The molecule has 1 atom stereocenters. The first kappa shape index (κ1) is 12.5. The quantitative estimate of drug-likeness (QED) is 0.877. The van der Waals surface area contributed by atoms with E-state index in [4.69, 9.17) is 10.5 Å². The van der Waals surface area contributed by atoms with Crippen molar-refractivity contribution in [2.45, 2.75) is 18.8 Å². The second-order valence-electron chi connectivity index (χ2n) is 4.61. The van der Waals surface area contributed by atoms with Crippen molar-refractivity contribution < 1.29 is 13.5 Å². The minimum Gasteiger partial charge on any atom is -0.379 e. The van der Waals surface area contributed by atoms with Crippen LogP contribution in [0.1, 0.15) is 18.9 Å². The van der Waals surface area contributed by atoms with Gasteiger partial charge in [0.2, 0.25) is 0 Å². The first-order valence-corrected chi connectivity index (χ1v) is 5.87. The van der Waals surface area contributed by atoms with Crippen LogP contribution in [-0.2, 0) is 10.2 Å². The summed E-state index contributed by atoms with van der Waals surface area (Å²) in [6.07, 6.45) is 0.829. The summed E-state index contributed by atoms with van der Waals surface area (Å²) in [4.78, 5) is 0. The Morgan fingerprint density at radius 3 is 2.59 bits per heavy atom. The Bertz CT molecular complexity index is 400. The molecule has 0 saturated carbocycles. The first-order chi connectivity index (χ1) is 8.14. The normalized spacial score (nSPS) is 19.8. The van der Waals surface area contributed by atoms with Crippen molar-refractivity contribution in [2.75, 3.05) is 19.8 Å². The van der Waals surface area contributed by atoms with Crippen LogP contribution >= 0.6 is 0 Å². The largest absolute Gasteiger partial charge is 0.379 e. The molecule has 1 saturated heterocycles. The highest BCUT2D eigenvalue weighted by atomic mass is 19.1. The molecular weight excluding hydrogens is 224 g/mol. The fraction of sp³-hybridized carbons (Fsp3) is 0.538. The molecule has 2 nitrogen and oxygen atoms in total. The fourth-order valence-electron chi connectivity index (χ4n) is 2.60. The molecule has 2 N–H and O–H groups in total. The van der Waals surface area contributed by atoms with Gasteiger partial charge in [-0.3, -0.25) is 0 Å². The van der Waals surface area contributed by atoms with E-state index >= 15 is 0 Å². The van der Waals surface area contributed by atoms with Crippen LogP contribution in [0.25, 0.3) is 0 Å². The lowest BCUT2D eigenvalue weighted by molar-refractivity contribution is -0.0914. The Morgan fingerprint density at radius 1 is 1.41 bits per heavy atom. The molecule has 1 aromatic rings. The summed E-state index contributed by atoms with van der Waals surface area (Å²) in [5.41, 5.74) is 5.69. The maximum atomic E-state index is 13.9. The van der Waals surface area contributed by atoms with Gasteiger partial charge in [-0.1, -0.05) is 13.3 Å². The maximum absolute atomic E-state index is 13.9. The zero-order valence-electron chi connectivity index (χ0n) is 9.88. The van der Waals surface area contributed by atoms with Crippen molar-refractivity contribution >= 4 is 0 Å². The summed E-state index contributed by atoms with van der Waals surface area (Å²) < 4.78 is 32.4. The summed E-state index contributed by atoms with van der Waals surface area (Å²) in [5.74, 6) is -0.673. The van der Waals surface area contributed by atoms with Crippen molar-refractivity contribution in [2.24, 2.45) is 11.7 Å². The lowest BCUT2D eigenvalue weighted by Crippen LogP contribution is -2.54. The molecule has 17 heavy (non-hydrogen) atoms. The number of halogens is 2. The number of ether oxygens (including phenoxy) is 1. The Hall–Kier alpha value is -1.00. The predicted molar refractivity (Wildman–Crippen MR) is 61.7 cm³/mol. The van der Waals surface area contributed by atoms with Gasteiger partial charge in [0, 0.05) is 11.0 Å². The smallest absolute Gasteiger partial charge is 0.127 e. The number of hydrogen-bond acceptors (Lipinski definition) is 2. The average Bonchev–Trinajstić information content (AvgIpc) is 2.27. The van der Waals surface area contributed by atoms with Gasteiger partial charge in [-0.25, -0.2) is 8.78 Å². The molecule has 0 bridgehead atoms. The molecule has 94 valence electrons. The van der Waals surface area contributed by atoms with Gasteiger partial charge in [-0.05, 0) is 30.7 Å². The summed E-state index contributed by atoms with van der Waals surface area (Å²) >= 11 is 0. The standard InChI is InChI=1S/C13H17F2NO/c1-2-9(6-16)13(7-17-8-13)11-5-10(14)3-4-12(11)15/h3-5,9H,2,6-8,16H2,1H3. The van der Waals surface area contributed by atoms with E-state index in [0.717, 1.165) is 12.5 Å². The first-order valence-electron chi connectivity index (χ1n) is 5.87. The van der Waals surface area contributed by atoms with Gasteiger partial charge < -0.3 is 10.5 Å². The molecule has 1 aliphatic heterocycles. The third kappa shape index (κ3) is 1.96. The van der Waals surface area contributed by atoms with E-state index in [1.165, 1.54) is 12.1 Å². The van der Waals surface area contributed by atoms with Gasteiger partial charge >= 0.3 is 0 Å². The highest BCUT2D eigenvalue weighted by molar-refractivity contribution is 5.31. The van der Waals surface area contributed by atoms with Crippen LogP contribution in [0.15, 0.2) is 18.2 Å². The third-order valence-corrected chi connectivity index (χ3v) is 3.74. The van der Waals surface area contributed by atoms with Gasteiger partial charge in [0.15, 0.2) is 0 Å². The zero-order chi connectivity index (χ0) is 12.5. The van der Waals surface area contributed by atoms with E-state index in [2.05, 4.69) is 0 Å². The molecule has 2 rings (SSSR count). The SMILES string of the molecule is CCC(CN)C1(c2cc(F)ccc2F)COC1. The van der Waals surface area contributed by atoms with Crippen LogP contribution in [0.5, 0.6) is 0 Å². The van der Waals surface area contributed by atoms with Gasteiger partial charge in [-0.15, -0.1) is 0 Å². The number of rotatable bonds is 4. The van der Waals surface area contributed by atoms with Crippen LogP contribution in [0.2, 0.25) is 0 Å². The topological polar surface area (TPSA) is 35.2 Å². The Kier molecular flexibility index (Phi) is 3.45. The summed E-state index contributed by atoms with van der Waals surface area (Å²) in [7, 11) is 0. The van der Waals surface area contributed by atoms with Gasteiger partial charge in [0.25, 0.3) is 0 Å². The Labute approximate surface area is 99.8 Å². The van der Waals surface area contributed by atoms with Crippen molar-refractivity contribution in [3.63, 3.8) is 0 Å². The fourth-order valence-corrected chi connectivity index (χ4v) is 2.60. The van der Waals surface area contributed by atoms with Crippen molar-refractivity contribution in [3.8, 4) is 0 Å². The van der Waals surface area contributed by atoms with E-state index in [1.807, 2.05) is 6.92 Å². The van der Waals surface area contributed by atoms with Crippen molar-refractivity contribution in [3.05, 3.63) is 35.4 Å². The molecule has 0 radical (unpaired) electrons. The van der Waals surface area contributed by atoms with Gasteiger partial charge in [-0.2, -0.15) is 0 Å². The highest BCUT2D eigenvalue weighted by Crippen LogP contribution is 2.42. The molecule has 0 aliphatic carbocycles. The van der Waals surface area contributed by atoms with Crippen LogP contribution in [0.4, 0.5) is 8.78 Å². The Morgan fingerprint density at radius 2 is 2.12 bits per heavy atom. The predicted octanol–water partition coefficient (Wildman–Crippen LogP) is 2.22. The average molecular weight is 241 g/mol. The zero-order valence-corrected chi connectivity index (χ0v) is 9.88. The highest BCUT2D eigenvalue weighted by Gasteiger charge is 2.47. The van der Waals surface area contributed by atoms with Gasteiger partial charge in [0.05, 0.1) is 13.2 Å². The molecule has 0 amide bonds. The molecule has 1 fully saturated rings. The van der Waals surface area contributed by atoms with E-state index in [0.29, 0.717) is 25.3 Å². The maximum Gasteiger partial charge on any atom is 0.127 e. The van der Waals surface area contributed by atoms with Gasteiger partial charge in [0.1, 0.15) is 11.6 Å². The molecule has 4 heteroatoms. The molecule has 0 spiro atoms. The van der Waals surface area contributed by atoms with Crippen LogP contribution < -0.4 is 5.73 Å². The van der Waals surface area contributed by atoms with Crippen molar-refractivity contribution in [1.82, 2.24) is 0 Å². The minimum atomic E-state index is -0.449. The van der Waals surface area contributed by atoms with E-state index < -0.39 is 11.2 Å². The lowest BCUT2D eigenvalue weighted by atomic mass is 9.67. The molecular formula is C13H17F2NO. The lowest BCUT2D eigenvalue weighted by Gasteiger charge is -2.47. The van der Waals surface area contributed by atoms with Crippen LogP contribution in [0, 0.1) is 17.6 Å². The molecule has 1 heterocycles. The van der Waals surface area contributed by atoms with Crippen LogP contribution in [0.3, 0.4) is 0 Å². The summed E-state index contributed by atoms with van der Waals surface area (Å²) in [6, 6.07) is 3.58. The molecule has 0 aromatic heterocycles. The summed E-state index contributed by atoms with van der Waals surface area (Å²) in [5, 5.41) is 0. The van der Waals surface area contributed by atoms with Crippen molar-refractivity contribution in [1.29, 1.82) is 0 Å². The number of benzene rings is 1. The Balaban J connectivity index is 2.43. The molecule has 1 aromatic carbocycles. The second kappa shape index (κ2) is 4.70. The van der Waals surface area contributed by atoms with Crippen LogP contribution in [-0.4, -0.2) is 19.8 Å². The number of nitrogens with two attached hydrogens (primary N) is 1. The third-order valence-electron chi connectivity index (χ3n) is 3.74. The second-order valence-corrected chi connectivity index (χ2v) is 4.61.